The molecule has 3 aromatic rings. The van der Waals surface area contributed by atoms with E-state index in [1.54, 1.807) is 6.07 Å². The number of carbonyl (C=O) groups excluding carboxylic acids is 1. The van der Waals surface area contributed by atoms with E-state index in [4.69, 9.17) is 4.74 Å². The molecule has 1 aliphatic rings. The number of nitrogens with zero attached hydrogens (tertiary/aromatic N) is 2. The van der Waals surface area contributed by atoms with Gasteiger partial charge in [0.2, 0.25) is 0 Å². The van der Waals surface area contributed by atoms with E-state index in [2.05, 4.69) is 23.2 Å². The Morgan fingerprint density at radius 2 is 1.63 bits per heavy atom. The zero-order chi connectivity index (χ0) is 18.5. The molecule has 0 spiro atoms. The summed E-state index contributed by atoms with van der Waals surface area (Å²) in [7, 11) is 0. The molecule has 1 saturated heterocycles. The number of benzene rings is 2. The molecule has 0 unspecified atom stereocenters. The predicted octanol–water partition coefficient (Wildman–Crippen LogP) is 4.83. The van der Waals surface area contributed by atoms with Crippen LogP contribution in [0, 0.1) is 0 Å². The van der Waals surface area contributed by atoms with Crippen molar-refractivity contribution in [2.75, 3.05) is 13.1 Å². The Balaban J connectivity index is 1.48. The summed E-state index contributed by atoms with van der Waals surface area (Å²) in [5.74, 6) is 0.864. The number of hydrogen-bond acceptors (Lipinski definition) is 3. The standard InChI is InChI=1S/C23H24N2O2/c26-23(25-15-5-1-2-6-16-25)21-13-8-11-19(24-21)17-27-22-14-7-10-18-9-3-4-12-20(18)22/h3-4,7-14H,1-2,5-6,15-17H2. The van der Waals surface area contributed by atoms with E-state index in [-0.39, 0.29) is 5.91 Å². The maximum atomic E-state index is 12.8. The van der Waals surface area contributed by atoms with Crippen molar-refractivity contribution in [2.24, 2.45) is 0 Å². The third kappa shape index (κ3) is 4.11. The minimum atomic E-state index is 0.0314. The van der Waals surface area contributed by atoms with Crippen LogP contribution >= 0.6 is 0 Å². The molecule has 4 nitrogen and oxygen atoms in total. The lowest BCUT2D eigenvalue weighted by molar-refractivity contribution is 0.0755. The van der Waals surface area contributed by atoms with Crippen LogP contribution in [-0.2, 0) is 6.61 Å². The summed E-state index contributed by atoms with van der Waals surface area (Å²) in [6, 6.07) is 19.8. The normalized spacial score (nSPS) is 14.7. The Kier molecular flexibility index (Phi) is 5.33. The minimum Gasteiger partial charge on any atom is -0.487 e. The first-order valence-corrected chi connectivity index (χ1v) is 9.67. The third-order valence-corrected chi connectivity index (χ3v) is 5.04. The van der Waals surface area contributed by atoms with E-state index in [0.29, 0.717) is 12.3 Å². The molecule has 2 aromatic carbocycles. The van der Waals surface area contributed by atoms with Gasteiger partial charge in [0.25, 0.3) is 5.91 Å². The molecular weight excluding hydrogens is 336 g/mol. The minimum absolute atomic E-state index is 0.0314. The van der Waals surface area contributed by atoms with Crippen molar-refractivity contribution in [3.05, 3.63) is 72.1 Å². The largest absolute Gasteiger partial charge is 0.487 e. The van der Waals surface area contributed by atoms with Gasteiger partial charge in [-0.1, -0.05) is 55.3 Å². The molecule has 138 valence electrons. The van der Waals surface area contributed by atoms with E-state index in [1.807, 2.05) is 41.3 Å². The first-order valence-electron chi connectivity index (χ1n) is 9.67. The van der Waals surface area contributed by atoms with Crippen molar-refractivity contribution in [3.63, 3.8) is 0 Å². The molecule has 0 bridgehead atoms. The van der Waals surface area contributed by atoms with Crippen molar-refractivity contribution in [1.29, 1.82) is 0 Å². The van der Waals surface area contributed by atoms with Crippen LogP contribution in [0.25, 0.3) is 10.8 Å². The van der Waals surface area contributed by atoms with Crippen LogP contribution in [-0.4, -0.2) is 28.9 Å². The van der Waals surface area contributed by atoms with Crippen molar-refractivity contribution in [3.8, 4) is 5.75 Å². The first-order chi connectivity index (χ1) is 13.3. The third-order valence-electron chi connectivity index (χ3n) is 5.04. The molecule has 2 heterocycles. The number of amides is 1. The molecule has 27 heavy (non-hydrogen) atoms. The Morgan fingerprint density at radius 1 is 0.889 bits per heavy atom. The summed E-state index contributed by atoms with van der Waals surface area (Å²) in [5, 5.41) is 2.23. The van der Waals surface area contributed by atoms with Gasteiger partial charge in [-0.3, -0.25) is 4.79 Å². The topological polar surface area (TPSA) is 42.4 Å². The van der Waals surface area contributed by atoms with Gasteiger partial charge in [-0.25, -0.2) is 4.98 Å². The average molecular weight is 360 g/mol. The maximum absolute atomic E-state index is 12.8. The van der Waals surface area contributed by atoms with E-state index in [1.165, 1.54) is 12.8 Å². The predicted molar refractivity (Wildman–Crippen MR) is 107 cm³/mol. The van der Waals surface area contributed by atoms with Crippen molar-refractivity contribution in [1.82, 2.24) is 9.88 Å². The number of ether oxygens (including phenoxy) is 1. The fraction of sp³-hybridized carbons (Fsp3) is 0.304. The highest BCUT2D eigenvalue weighted by Gasteiger charge is 2.18. The van der Waals surface area contributed by atoms with Gasteiger partial charge < -0.3 is 9.64 Å². The second kappa shape index (κ2) is 8.21. The highest BCUT2D eigenvalue weighted by molar-refractivity contribution is 5.92. The SMILES string of the molecule is O=C(c1cccc(COc2cccc3ccccc23)n1)N1CCCCCC1. The Labute approximate surface area is 159 Å². The lowest BCUT2D eigenvalue weighted by Gasteiger charge is -2.20. The average Bonchev–Trinajstić information content (AvgIpc) is 3.01. The molecule has 4 heteroatoms. The molecule has 1 aromatic heterocycles. The van der Waals surface area contributed by atoms with Gasteiger partial charge in [0.05, 0.1) is 5.69 Å². The number of rotatable bonds is 4. The zero-order valence-corrected chi connectivity index (χ0v) is 15.4. The summed E-state index contributed by atoms with van der Waals surface area (Å²) in [6.07, 6.45) is 4.57. The quantitative estimate of drug-likeness (QED) is 0.669. The monoisotopic (exact) mass is 360 g/mol. The van der Waals surface area contributed by atoms with E-state index < -0.39 is 0 Å². The van der Waals surface area contributed by atoms with E-state index >= 15 is 0 Å². The summed E-state index contributed by atoms with van der Waals surface area (Å²) in [4.78, 5) is 19.3. The van der Waals surface area contributed by atoms with Crippen molar-refractivity contribution < 1.29 is 9.53 Å². The van der Waals surface area contributed by atoms with Gasteiger partial charge in [0.15, 0.2) is 0 Å². The molecule has 0 aliphatic carbocycles. The van der Waals surface area contributed by atoms with Gasteiger partial charge in [-0.2, -0.15) is 0 Å². The van der Waals surface area contributed by atoms with Crippen LogP contribution in [0.3, 0.4) is 0 Å². The van der Waals surface area contributed by atoms with Gasteiger partial charge in [0.1, 0.15) is 18.1 Å². The smallest absolute Gasteiger partial charge is 0.272 e. The van der Waals surface area contributed by atoms with Crippen molar-refractivity contribution >= 4 is 16.7 Å². The number of carbonyl (C=O) groups is 1. The maximum Gasteiger partial charge on any atom is 0.272 e. The molecule has 0 N–H and O–H groups in total. The molecule has 0 saturated carbocycles. The number of pyridine rings is 1. The molecule has 4 rings (SSSR count). The van der Waals surface area contributed by atoms with Crippen LogP contribution in [0.5, 0.6) is 5.75 Å². The van der Waals surface area contributed by atoms with Crippen LogP contribution in [0.1, 0.15) is 41.9 Å². The van der Waals surface area contributed by atoms with Gasteiger partial charge in [-0.15, -0.1) is 0 Å². The fourth-order valence-electron chi connectivity index (χ4n) is 3.59. The fourth-order valence-corrected chi connectivity index (χ4v) is 3.59. The second-order valence-electron chi connectivity index (χ2n) is 6.99. The summed E-state index contributed by atoms with van der Waals surface area (Å²) in [5.41, 5.74) is 1.28. The van der Waals surface area contributed by atoms with Gasteiger partial charge in [0, 0.05) is 18.5 Å². The molecule has 1 aliphatic heterocycles. The summed E-state index contributed by atoms with van der Waals surface area (Å²) in [6.45, 7) is 2.00. The summed E-state index contributed by atoms with van der Waals surface area (Å²) < 4.78 is 6.02. The lowest BCUT2D eigenvalue weighted by atomic mass is 10.1. The number of aromatic nitrogens is 1. The Bertz CT molecular complexity index is 925. The first kappa shape index (κ1) is 17.5. The second-order valence-corrected chi connectivity index (χ2v) is 6.99. The lowest BCUT2D eigenvalue weighted by Crippen LogP contribution is -2.32. The number of fused-ring (bicyclic) bond motifs is 1. The van der Waals surface area contributed by atoms with Crippen LogP contribution in [0.2, 0.25) is 0 Å². The number of hydrogen-bond donors (Lipinski definition) is 0. The molecule has 1 amide bonds. The molecular formula is C23H24N2O2. The molecule has 0 atom stereocenters. The van der Waals surface area contributed by atoms with Crippen LogP contribution in [0.15, 0.2) is 60.7 Å². The van der Waals surface area contributed by atoms with Crippen LogP contribution < -0.4 is 4.74 Å². The molecule has 1 fully saturated rings. The summed E-state index contributed by atoms with van der Waals surface area (Å²) >= 11 is 0. The highest BCUT2D eigenvalue weighted by atomic mass is 16.5. The van der Waals surface area contributed by atoms with E-state index in [9.17, 15) is 4.79 Å². The van der Waals surface area contributed by atoms with Crippen molar-refractivity contribution in [2.45, 2.75) is 32.3 Å². The van der Waals surface area contributed by atoms with Gasteiger partial charge in [-0.05, 0) is 36.4 Å². The van der Waals surface area contributed by atoms with Gasteiger partial charge >= 0.3 is 0 Å². The zero-order valence-electron chi connectivity index (χ0n) is 15.4. The number of likely N-dealkylation sites (tertiary alicyclic amines) is 1. The Hall–Kier alpha value is -2.88. The van der Waals surface area contributed by atoms with Crippen LogP contribution in [0.4, 0.5) is 0 Å². The molecule has 0 radical (unpaired) electrons. The van der Waals surface area contributed by atoms with E-state index in [0.717, 1.165) is 48.1 Å². The Morgan fingerprint density at radius 3 is 2.48 bits per heavy atom. The highest BCUT2D eigenvalue weighted by Crippen LogP contribution is 2.25.